The Morgan fingerprint density at radius 2 is 0.750 bits per heavy atom. The third kappa shape index (κ3) is 61.2. The zero-order chi connectivity index (χ0) is 12.9. The van der Waals surface area contributed by atoms with E-state index < -0.39 is 34.1 Å². The summed E-state index contributed by atoms with van der Waals surface area (Å²) in [6.45, 7) is 0. The van der Waals surface area contributed by atoms with Crippen molar-refractivity contribution >= 4 is 51.4 Å². The molecule has 3 atom stereocenters. The molecule has 0 aliphatic heterocycles. The Morgan fingerprint density at radius 1 is 0.688 bits per heavy atom. The fraction of sp³-hybridized carbons (Fsp3) is 1.00. The molecule has 16 heavy (non-hydrogen) atoms. The van der Waals surface area contributed by atoms with Gasteiger partial charge in [-0.15, -0.1) is 0 Å². The van der Waals surface area contributed by atoms with Crippen LogP contribution in [0, 0.1) is 0 Å². The summed E-state index contributed by atoms with van der Waals surface area (Å²) in [5.74, 6) is 0. The van der Waals surface area contributed by atoms with Gasteiger partial charge < -0.3 is 26.2 Å². The average molecular weight is 312 g/mol. The Balaban J connectivity index is -0.0000000655. The predicted octanol–water partition coefficient (Wildman–Crippen LogP) is -2.10. The van der Waals surface area contributed by atoms with Crippen LogP contribution in [0.5, 0.6) is 0 Å². The molecule has 0 aliphatic rings. The smallest absolute Gasteiger partial charge is 0.750 e. The van der Waals surface area contributed by atoms with Crippen molar-refractivity contribution in [2.45, 2.75) is 0 Å². The molecule has 13 heteroatoms. The zero-order valence-corrected chi connectivity index (χ0v) is 12.1. The molecule has 0 spiro atoms. The Bertz CT molecular complexity index is 165. The largest absolute Gasteiger partial charge is 3.00 e. The van der Waals surface area contributed by atoms with Gasteiger partial charge >= 0.3 is 17.4 Å². The van der Waals surface area contributed by atoms with E-state index in [0.717, 1.165) is 21.3 Å². The monoisotopic (exact) mass is 312 g/mol. The minimum atomic E-state index is -2.32. The van der Waals surface area contributed by atoms with Crippen molar-refractivity contribution in [3.05, 3.63) is 0 Å². The van der Waals surface area contributed by atoms with Gasteiger partial charge in [-0.25, -0.2) is 12.6 Å². The van der Waals surface area contributed by atoms with Gasteiger partial charge in [0, 0.05) is 0 Å². The maximum atomic E-state index is 9.15. The van der Waals surface area contributed by atoms with Crippen LogP contribution in [-0.4, -0.2) is 65.0 Å². The maximum absolute atomic E-state index is 9.15. The van der Waals surface area contributed by atoms with E-state index in [0.29, 0.717) is 0 Å². The zero-order valence-electron chi connectivity index (χ0n) is 8.48. The molecule has 0 bridgehead atoms. The van der Waals surface area contributed by atoms with Gasteiger partial charge in [0.1, 0.15) is 0 Å². The molecule has 0 saturated carbocycles. The van der Waals surface area contributed by atoms with E-state index in [9.17, 15) is 0 Å². The maximum Gasteiger partial charge on any atom is 3.00 e. The summed E-state index contributed by atoms with van der Waals surface area (Å²) in [5.41, 5.74) is 0. The van der Waals surface area contributed by atoms with E-state index >= 15 is 0 Å². The van der Waals surface area contributed by atoms with E-state index in [1.165, 1.54) is 0 Å². The van der Waals surface area contributed by atoms with Crippen LogP contribution in [-0.2, 0) is 46.6 Å². The third-order valence-corrected chi connectivity index (χ3v) is 1.22. The van der Waals surface area contributed by atoms with Crippen molar-refractivity contribution in [3.8, 4) is 0 Å². The van der Waals surface area contributed by atoms with Crippen molar-refractivity contribution in [2.24, 2.45) is 0 Å². The molecule has 0 aromatic rings. The second-order valence-electron chi connectivity index (χ2n) is 1.11. The minimum Gasteiger partial charge on any atom is -0.750 e. The summed E-state index contributed by atoms with van der Waals surface area (Å²) in [4.78, 5) is 0. The number of rotatable bonds is 3. The van der Waals surface area contributed by atoms with Crippen LogP contribution in [0.3, 0.4) is 0 Å². The Hall–Kier alpha value is 0.742. The molecule has 0 radical (unpaired) electrons. The van der Waals surface area contributed by atoms with Gasteiger partial charge in [0.15, 0.2) is 0 Å². The van der Waals surface area contributed by atoms with Crippen molar-refractivity contribution in [2.75, 3.05) is 21.3 Å². The molecule has 0 aromatic carbocycles. The Kier molecular flexibility index (Phi) is 33.7. The van der Waals surface area contributed by atoms with Crippen LogP contribution < -0.4 is 0 Å². The second-order valence-corrected chi connectivity index (χ2v) is 3.34. The summed E-state index contributed by atoms with van der Waals surface area (Å²) in [7, 11) is 3.26. The standard InChI is InChI=1S/3CH4O3S.Al/c3*1-4-5(2)3;/h3*1H3,(H,2,3);/q;;;+3/p-3. The molecular formula is C3H9AlO9S3. The van der Waals surface area contributed by atoms with Crippen molar-refractivity contribution in [1.82, 2.24) is 0 Å². The molecule has 96 valence electrons. The van der Waals surface area contributed by atoms with Gasteiger partial charge in [0.2, 0.25) is 0 Å². The Labute approximate surface area is 111 Å². The molecular weight excluding hydrogens is 303 g/mol. The van der Waals surface area contributed by atoms with Crippen LogP contribution in [0.1, 0.15) is 0 Å². The average Bonchev–Trinajstić information content (AvgIpc) is 2.19. The van der Waals surface area contributed by atoms with E-state index in [-0.39, 0.29) is 17.4 Å². The number of hydrogen-bond donors (Lipinski definition) is 0. The number of hydrogen-bond acceptors (Lipinski definition) is 9. The first-order valence-corrected chi connectivity index (χ1v) is 5.72. The van der Waals surface area contributed by atoms with Gasteiger partial charge in [-0.3, -0.25) is 0 Å². The minimum absolute atomic E-state index is 0. The summed E-state index contributed by atoms with van der Waals surface area (Å²) >= 11 is -6.97. The SMILES string of the molecule is COS(=O)[O-].COS(=O)[O-].COS(=O)[O-].[Al+3]. The van der Waals surface area contributed by atoms with Crippen LogP contribution in [0.25, 0.3) is 0 Å². The fourth-order valence-corrected chi connectivity index (χ4v) is 0. The molecule has 0 aromatic heterocycles. The molecule has 0 aliphatic carbocycles. The molecule has 3 unspecified atom stereocenters. The quantitative estimate of drug-likeness (QED) is 0.422. The van der Waals surface area contributed by atoms with Gasteiger partial charge in [0.25, 0.3) is 0 Å². The molecule has 0 rings (SSSR count). The van der Waals surface area contributed by atoms with Gasteiger partial charge in [-0.05, 0) is 0 Å². The molecule has 0 N–H and O–H groups in total. The van der Waals surface area contributed by atoms with Crippen LogP contribution in [0.4, 0.5) is 0 Å². The first-order valence-electron chi connectivity index (χ1n) is 2.72. The van der Waals surface area contributed by atoms with Crippen molar-refractivity contribution in [1.29, 1.82) is 0 Å². The Morgan fingerprint density at radius 3 is 0.750 bits per heavy atom. The molecule has 0 heterocycles. The van der Waals surface area contributed by atoms with E-state index in [1.807, 2.05) is 0 Å². The van der Waals surface area contributed by atoms with E-state index in [4.69, 9.17) is 26.3 Å². The predicted molar refractivity (Wildman–Crippen MR) is 53.5 cm³/mol. The second kappa shape index (κ2) is 21.1. The fourth-order valence-electron chi connectivity index (χ4n) is 0. The summed E-state index contributed by atoms with van der Waals surface area (Å²) < 4.78 is 65.9. The normalized spacial score (nSPS) is 13.9. The van der Waals surface area contributed by atoms with Gasteiger partial charge in [-0.1, -0.05) is 0 Å². The van der Waals surface area contributed by atoms with Gasteiger partial charge in [0.05, 0.1) is 55.4 Å². The van der Waals surface area contributed by atoms with Crippen molar-refractivity contribution in [3.63, 3.8) is 0 Å². The van der Waals surface area contributed by atoms with Crippen LogP contribution in [0.15, 0.2) is 0 Å². The van der Waals surface area contributed by atoms with E-state index in [1.54, 1.807) is 0 Å². The topological polar surface area (TPSA) is 148 Å². The van der Waals surface area contributed by atoms with E-state index in [2.05, 4.69) is 12.5 Å². The third-order valence-electron chi connectivity index (χ3n) is 0.408. The van der Waals surface area contributed by atoms with Crippen LogP contribution in [0.2, 0.25) is 0 Å². The van der Waals surface area contributed by atoms with Gasteiger partial charge in [-0.2, -0.15) is 0 Å². The molecule has 0 saturated heterocycles. The molecule has 0 fully saturated rings. The van der Waals surface area contributed by atoms with Crippen molar-refractivity contribution < 1.29 is 38.8 Å². The first-order chi connectivity index (χ1) is 6.81. The summed E-state index contributed by atoms with van der Waals surface area (Å²) in [6.07, 6.45) is 0. The first kappa shape index (κ1) is 25.6. The molecule has 9 nitrogen and oxygen atoms in total. The molecule has 0 amide bonds. The summed E-state index contributed by atoms with van der Waals surface area (Å²) in [5, 5.41) is 0. The summed E-state index contributed by atoms with van der Waals surface area (Å²) in [6, 6.07) is 0. The van der Waals surface area contributed by atoms with Crippen LogP contribution >= 0.6 is 0 Å².